The molecule has 0 radical (unpaired) electrons. The third-order valence-electron chi connectivity index (χ3n) is 5.80. The van der Waals surface area contributed by atoms with Gasteiger partial charge in [-0.25, -0.2) is 0 Å². The first-order valence-corrected chi connectivity index (χ1v) is 11.2. The summed E-state index contributed by atoms with van der Waals surface area (Å²) in [7, 11) is 0.395. The Bertz CT molecular complexity index is 814. The Labute approximate surface area is 164 Å². The average Bonchev–Trinajstić information content (AvgIpc) is 3.44. The van der Waals surface area contributed by atoms with E-state index in [1.807, 2.05) is 6.92 Å². The van der Waals surface area contributed by atoms with Crippen molar-refractivity contribution in [1.82, 2.24) is 0 Å². The van der Waals surface area contributed by atoms with E-state index in [1.54, 1.807) is 0 Å². The van der Waals surface area contributed by atoms with Gasteiger partial charge in [0, 0.05) is 12.5 Å². The van der Waals surface area contributed by atoms with Crippen LogP contribution in [0.2, 0.25) is 0 Å². The van der Waals surface area contributed by atoms with Crippen LogP contribution >= 0.6 is 8.81 Å². The van der Waals surface area contributed by atoms with Gasteiger partial charge in [-0.3, -0.25) is 0 Å². The smallest absolute Gasteiger partial charge is 0.129 e. The van der Waals surface area contributed by atoms with Crippen LogP contribution in [0, 0.1) is 6.92 Å². The first-order valence-electron chi connectivity index (χ1n) is 10.1. The molecule has 1 fully saturated rings. The topological polar surface area (TPSA) is 38.7 Å². The predicted octanol–water partition coefficient (Wildman–Crippen LogP) is 5.41. The van der Waals surface area contributed by atoms with Crippen LogP contribution in [0.1, 0.15) is 71.4 Å². The van der Waals surface area contributed by atoms with E-state index in [2.05, 4.69) is 37.3 Å². The van der Waals surface area contributed by atoms with Crippen molar-refractivity contribution in [3.8, 4) is 5.75 Å². The minimum Gasteiger partial charge on any atom is -0.487 e. The summed E-state index contributed by atoms with van der Waals surface area (Å²) in [4.78, 5) is 0. The van der Waals surface area contributed by atoms with E-state index in [0.717, 1.165) is 30.8 Å². The zero-order valence-electron chi connectivity index (χ0n) is 16.3. The second kappa shape index (κ2) is 8.31. The molecule has 0 saturated heterocycles. The van der Waals surface area contributed by atoms with Gasteiger partial charge in [0.25, 0.3) is 0 Å². The highest BCUT2D eigenvalue weighted by Crippen LogP contribution is 2.46. The lowest BCUT2D eigenvalue weighted by molar-refractivity contribution is 0.280. The van der Waals surface area contributed by atoms with E-state index in [-0.39, 0.29) is 6.61 Å². The molecule has 2 aliphatic carbocycles. The molecule has 3 nitrogen and oxygen atoms in total. The average molecular weight is 384 g/mol. The van der Waals surface area contributed by atoms with Gasteiger partial charge in [-0.1, -0.05) is 18.2 Å². The molecule has 2 unspecified atom stereocenters. The number of aliphatic hydroxyl groups is 1. The maximum Gasteiger partial charge on any atom is 0.129 e. The molecule has 2 aromatic rings. The molecule has 2 atom stereocenters. The molecule has 4 heteroatoms. The Hall–Kier alpha value is -1.41. The van der Waals surface area contributed by atoms with Crippen LogP contribution in [0.15, 0.2) is 30.3 Å². The normalized spacial score (nSPS) is 19.0. The SMILES string of the molecule is CCOPCOc1cc(C)c2c(c1)CCC2c1ccc(CO)c(C2CC2)c1. The lowest BCUT2D eigenvalue weighted by Gasteiger charge is -2.18. The fourth-order valence-corrected chi connectivity index (χ4v) is 4.92. The number of aryl methyl sites for hydroxylation is 2. The van der Waals surface area contributed by atoms with Crippen LogP contribution in [-0.4, -0.2) is 18.1 Å². The standard InChI is InChI=1S/C23H29O3P/c1-3-26-27-14-25-20-10-15(2)23-18(11-20)8-9-21(23)17-6-7-19(13-24)22(12-17)16-4-5-16/h6-7,10-12,16,21,24,27H,3-5,8-9,13-14H2,1-2H3. The molecule has 0 aliphatic heterocycles. The van der Waals surface area contributed by atoms with Gasteiger partial charge in [0.2, 0.25) is 0 Å². The van der Waals surface area contributed by atoms with Crippen LogP contribution in [0.25, 0.3) is 0 Å². The summed E-state index contributed by atoms with van der Waals surface area (Å²) in [6, 6.07) is 11.1. The van der Waals surface area contributed by atoms with Gasteiger partial charge in [0.05, 0.1) is 15.4 Å². The minimum absolute atomic E-state index is 0.148. The molecule has 0 aromatic heterocycles. The summed E-state index contributed by atoms with van der Waals surface area (Å²) in [5.74, 6) is 2.09. The Kier molecular flexibility index (Phi) is 5.82. The van der Waals surface area contributed by atoms with E-state index in [4.69, 9.17) is 9.26 Å². The summed E-state index contributed by atoms with van der Waals surface area (Å²) in [6.07, 6.45) is 5.41. The second-order valence-corrected chi connectivity index (χ2v) is 8.53. The van der Waals surface area contributed by atoms with Crippen molar-refractivity contribution in [3.05, 3.63) is 63.7 Å². The Morgan fingerprint density at radius 3 is 2.74 bits per heavy atom. The molecule has 144 valence electrons. The molecule has 27 heavy (non-hydrogen) atoms. The number of fused-ring (bicyclic) bond motifs is 1. The quantitative estimate of drug-likeness (QED) is 0.489. The van der Waals surface area contributed by atoms with E-state index in [0.29, 0.717) is 27.0 Å². The molecule has 2 aliphatic rings. The van der Waals surface area contributed by atoms with Crippen molar-refractivity contribution < 1.29 is 14.4 Å². The summed E-state index contributed by atoms with van der Waals surface area (Å²) >= 11 is 0. The predicted molar refractivity (Wildman–Crippen MR) is 111 cm³/mol. The van der Waals surface area contributed by atoms with Gasteiger partial charge in [-0.05, 0) is 91.0 Å². The fourth-order valence-electron chi connectivity index (χ4n) is 4.41. The van der Waals surface area contributed by atoms with Crippen molar-refractivity contribution in [2.45, 2.75) is 58.0 Å². The van der Waals surface area contributed by atoms with Crippen molar-refractivity contribution in [1.29, 1.82) is 0 Å². The Morgan fingerprint density at radius 1 is 1.15 bits per heavy atom. The lowest BCUT2D eigenvalue weighted by atomic mass is 9.87. The maximum absolute atomic E-state index is 9.67. The number of hydrogen-bond acceptors (Lipinski definition) is 3. The van der Waals surface area contributed by atoms with Crippen molar-refractivity contribution in [3.63, 3.8) is 0 Å². The van der Waals surface area contributed by atoms with Gasteiger partial charge in [-0.2, -0.15) is 0 Å². The van der Waals surface area contributed by atoms with E-state index in [9.17, 15) is 5.11 Å². The summed E-state index contributed by atoms with van der Waals surface area (Å²) in [5, 5.41) is 9.67. The molecule has 1 saturated carbocycles. The zero-order valence-corrected chi connectivity index (χ0v) is 17.3. The summed E-state index contributed by atoms with van der Waals surface area (Å²) < 4.78 is 11.3. The first kappa shape index (κ1) is 18.9. The lowest BCUT2D eigenvalue weighted by Crippen LogP contribution is -2.02. The minimum atomic E-state index is 0.148. The molecule has 0 bridgehead atoms. The molecular weight excluding hydrogens is 355 g/mol. The van der Waals surface area contributed by atoms with E-state index >= 15 is 0 Å². The number of hydrogen-bond donors (Lipinski definition) is 1. The largest absolute Gasteiger partial charge is 0.487 e. The molecule has 2 aromatic carbocycles. The molecule has 0 amide bonds. The summed E-state index contributed by atoms with van der Waals surface area (Å²) in [6.45, 7) is 5.10. The van der Waals surface area contributed by atoms with Crippen molar-refractivity contribution in [2.75, 3.05) is 13.0 Å². The highest BCUT2D eigenvalue weighted by atomic mass is 31.1. The molecule has 0 spiro atoms. The Morgan fingerprint density at radius 2 is 2.00 bits per heavy atom. The van der Waals surface area contributed by atoms with Gasteiger partial charge in [0.1, 0.15) is 12.1 Å². The van der Waals surface area contributed by atoms with Gasteiger partial charge in [0.15, 0.2) is 0 Å². The second-order valence-electron chi connectivity index (χ2n) is 7.66. The number of aliphatic hydroxyl groups excluding tert-OH is 1. The number of ether oxygens (including phenoxy) is 1. The highest BCUT2D eigenvalue weighted by Gasteiger charge is 2.30. The van der Waals surface area contributed by atoms with Crippen LogP contribution < -0.4 is 4.74 Å². The van der Waals surface area contributed by atoms with Gasteiger partial charge >= 0.3 is 0 Å². The van der Waals surface area contributed by atoms with Gasteiger partial charge in [-0.15, -0.1) is 0 Å². The maximum atomic E-state index is 9.67. The monoisotopic (exact) mass is 384 g/mol. The van der Waals surface area contributed by atoms with Crippen molar-refractivity contribution >= 4 is 8.81 Å². The van der Waals surface area contributed by atoms with E-state index < -0.39 is 0 Å². The zero-order chi connectivity index (χ0) is 18.8. The fraction of sp³-hybridized carbons (Fsp3) is 0.478. The van der Waals surface area contributed by atoms with Crippen LogP contribution in [0.5, 0.6) is 5.75 Å². The summed E-state index contributed by atoms with van der Waals surface area (Å²) in [5.41, 5.74) is 8.11. The third kappa shape index (κ3) is 4.06. The van der Waals surface area contributed by atoms with Crippen LogP contribution in [0.3, 0.4) is 0 Å². The Balaban J connectivity index is 1.57. The van der Waals surface area contributed by atoms with E-state index in [1.165, 1.54) is 40.7 Å². The molecular formula is C23H29O3P. The molecule has 0 heterocycles. The molecule has 4 rings (SSSR count). The number of benzene rings is 2. The molecule has 1 N–H and O–H groups in total. The number of rotatable bonds is 8. The van der Waals surface area contributed by atoms with Crippen molar-refractivity contribution in [2.24, 2.45) is 0 Å². The third-order valence-corrected chi connectivity index (χ3v) is 6.56. The first-order chi connectivity index (χ1) is 13.2. The highest BCUT2D eigenvalue weighted by molar-refractivity contribution is 7.31. The van der Waals surface area contributed by atoms with Crippen LogP contribution in [-0.2, 0) is 17.6 Å². The van der Waals surface area contributed by atoms with Gasteiger partial charge < -0.3 is 14.4 Å². The van der Waals surface area contributed by atoms with Crippen LogP contribution in [0.4, 0.5) is 0 Å².